The Morgan fingerprint density at radius 1 is 1.11 bits per heavy atom. The van der Waals surface area contributed by atoms with Crippen molar-refractivity contribution in [1.29, 1.82) is 0 Å². The molecule has 2 fully saturated rings. The van der Waals surface area contributed by atoms with E-state index in [0.29, 0.717) is 5.92 Å². The predicted molar refractivity (Wildman–Crippen MR) is 76.0 cm³/mol. The van der Waals surface area contributed by atoms with E-state index in [1.807, 2.05) is 0 Å². The third kappa shape index (κ3) is 4.47. The van der Waals surface area contributed by atoms with Crippen molar-refractivity contribution in [3.05, 3.63) is 0 Å². The zero-order chi connectivity index (χ0) is 12.8. The van der Waals surface area contributed by atoms with E-state index in [9.17, 15) is 4.79 Å². The summed E-state index contributed by atoms with van der Waals surface area (Å²) in [7, 11) is 0. The van der Waals surface area contributed by atoms with Crippen LogP contribution in [0.5, 0.6) is 0 Å². The molecule has 1 aliphatic heterocycles. The van der Waals surface area contributed by atoms with Gasteiger partial charge in [-0.25, -0.2) is 0 Å². The number of aliphatic carboxylic acids is 1. The lowest BCUT2D eigenvalue weighted by Crippen LogP contribution is -2.32. The standard InChI is InChI=1S/C14H25NO2S/c16-14(17)13-5-3-11(4-6-13)8-15-9-12-2-1-7-18-10-12/h11-13,15H,1-10H2,(H,16,17). The van der Waals surface area contributed by atoms with Gasteiger partial charge in [0.15, 0.2) is 0 Å². The summed E-state index contributed by atoms with van der Waals surface area (Å²) >= 11 is 2.09. The monoisotopic (exact) mass is 271 g/mol. The van der Waals surface area contributed by atoms with Crippen molar-refractivity contribution in [1.82, 2.24) is 5.32 Å². The minimum absolute atomic E-state index is 0.0732. The van der Waals surface area contributed by atoms with Crippen LogP contribution in [-0.2, 0) is 4.79 Å². The third-order valence-electron chi connectivity index (χ3n) is 4.32. The molecule has 104 valence electrons. The van der Waals surface area contributed by atoms with E-state index in [1.54, 1.807) is 0 Å². The van der Waals surface area contributed by atoms with Gasteiger partial charge in [0.05, 0.1) is 5.92 Å². The quantitative estimate of drug-likeness (QED) is 0.807. The van der Waals surface area contributed by atoms with Crippen LogP contribution in [0.2, 0.25) is 0 Å². The Balaban J connectivity index is 1.56. The van der Waals surface area contributed by atoms with Gasteiger partial charge in [-0.3, -0.25) is 4.79 Å². The highest BCUT2D eigenvalue weighted by Gasteiger charge is 2.25. The molecule has 0 aromatic carbocycles. The molecular formula is C14H25NO2S. The lowest BCUT2D eigenvalue weighted by molar-refractivity contribution is -0.143. The van der Waals surface area contributed by atoms with Crippen LogP contribution in [-0.4, -0.2) is 35.7 Å². The molecule has 2 aliphatic rings. The van der Waals surface area contributed by atoms with E-state index >= 15 is 0 Å². The molecule has 1 atom stereocenters. The molecule has 18 heavy (non-hydrogen) atoms. The summed E-state index contributed by atoms with van der Waals surface area (Å²) in [6.45, 7) is 2.25. The first kappa shape index (κ1) is 14.2. The minimum atomic E-state index is -0.597. The molecule has 4 heteroatoms. The number of carbonyl (C=O) groups is 1. The molecule has 1 heterocycles. The summed E-state index contributed by atoms with van der Waals surface area (Å²) in [5.74, 6) is 3.56. The fourth-order valence-electron chi connectivity index (χ4n) is 3.07. The second kappa shape index (κ2) is 7.39. The first-order chi connectivity index (χ1) is 8.75. The molecule has 1 unspecified atom stereocenters. The second-order valence-electron chi connectivity index (χ2n) is 5.80. The van der Waals surface area contributed by atoms with Crippen LogP contribution in [0.1, 0.15) is 38.5 Å². The molecule has 1 saturated heterocycles. The van der Waals surface area contributed by atoms with Gasteiger partial charge in [-0.15, -0.1) is 0 Å². The average molecular weight is 271 g/mol. The van der Waals surface area contributed by atoms with Gasteiger partial charge >= 0.3 is 5.97 Å². The summed E-state index contributed by atoms with van der Waals surface area (Å²) in [6.07, 6.45) is 6.68. The smallest absolute Gasteiger partial charge is 0.306 e. The number of carboxylic acids is 1. The number of carboxylic acid groups (broad SMARTS) is 1. The molecular weight excluding hydrogens is 246 g/mol. The Hall–Kier alpha value is -0.220. The van der Waals surface area contributed by atoms with Crippen LogP contribution in [0.15, 0.2) is 0 Å². The van der Waals surface area contributed by atoms with Gasteiger partial charge in [0, 0.05) is 0 Å². The van der Waals surface area contributed by atoms with Crippen LogP contribution in [0, 0.1) is 17.8 Å². The normalized spacial score (nSPS) is 33.2. The first-order valence-electron chi connectivity index (χ1n) is 7.27. The number of rotatable bonds is 5. The van der Waals surface area contributed by atoms with Crippen molar-refractivity contribution in [2.75, 3.05) is 24.6 Å². The van der Waals surface area contributed by atoms with Crippen LogP contribution >= 0.6 is 11.8 Å². The Morgan fingerprint density at radius 2 is 1.83 bits per heavy atom. The fourth-order valence-corrected chi connectivity index (χ4v) is 4.23. The first-order valence-corrected chi connectivity index (χ1v) is 8.42. The molecule has 2 N–H and O–H groups in total. The molecule has 2 rings (SSSR count). The Morgan fingerprint density at radius 3 is 2.44 bits per heavy atom. The van der Waals surface area contributed by atoms with E-state index in [2.05, 4.69) is 17.1 Å². The predicted octanol–water partition coefficient (Wildman–Crippen LogP) is 2.61. The highest BCUT2D eigenvalue weighted by atomic mass is 32.2. The zero-order valence-corrected chi connectivity index (χ0v) is 11.9. The van der Waals surface area contributed by atoms with Crippen LogP contribution in [0.3, 0.4) is 0 Å². The Kier molecular flexibility index (Phi) is 5.83. The Bertz CT molecular complexity index is 259. The third-order valence-corrected chi connectivity index (χ3v) is 5.60. The summed E-state index contributed by atoms with van der Waals surface area (Å²) in [4.78, 5) is 10.9. The molecule has 1 saturated carbocycles. The lowest BCUT2D eigenvalue weighted by Gasteiger charge is -2.27. The average Bonchev–Trinajstić information content (AvgIpc) is 2.40. The van der Waals surface area contributed by atoms with Gasteiger partial charge < -0.3 is 10.4 Å². The largest absolute Gasteiger partial charge is 0.481 e. The van der Waals surface area contributed by atoms with Crippen molar-refractivity contribution in [3.8, 4) is 0 Å². The highest BCUT2D eigenvalue weighted by molar-refractivity contribution is 7.99. The summed E-state index contributed by atoms with van der Waals surface area (Å²) in [6, 6.07) is 0. The van der Waals surface area contributed by atoms with E-state index < -0.39 is 5.97 Å². The van der Waals surface area contributed by atoms with Crippen molar-refractivity contribution >= 4 is 17.7 Å². The van der Waals surface area contributed by atoms with E-state index in [-0.39, 0.29) is 5.92 Å². The second-order valence-corrected chi connectivity index (χ2v) is 6.95. The summed E-state index contributed by atoms with van der Waals surface area (Å²) in [5.41, 5.74) is 0. The van der Waals surface area contributed by atoms with Crippen molar-refractivity contribution in [2.45, 2.75) is 38.5 Å². The molecule has 3 nitrogen and oxygen atoms in total. The summed E-state index contributed by atoms with van der Waals surface area (Å²) in [5, 5.41) is 12.6. The van der Waals surface area contributed by atoms with Crippen molar-refractivity contribution < 1.29 is 9.90 Å². The molecule has 0 radical (unpaired) electrons. The van der Waals surface area contributed by atoms with Crippen molar-refractivity contribution in [3.63, 3.8) is 0 Å². The topological polar surface area (TPSA) is 49.3 Å². The molecule has 0 aromatic rings. The van der Waals surface area contributed by atoms with Crippen LogP contribution < -0.4 is 5.32 Å². The SMILES string of the molecule is O=C(O)C1CCC(CNCC2CCCSC2)CC1. The molecule has 1 aliphatic carbocycles. The van der Waals surface area contributed by atoms with Crippen LogP contribution in [0.25, 0.3) is 0 Å². The van der Waals surface area contributed by atoms with E-state index in [1.165, 1.54) is 24.3 Å². The number of thioether (sulfide) groups is 1. The lowest BCUT2D eigenvalue weighted by atomic mass is 9.82. The number of hydrogen-bond donors (Lipinski definition) is 2. The molecule has 0 amide bonds. The maximum absolute atomic E-state index is 10.9. The van der Waals surface area contributed by atoms with Gasteiger partial charge in [-0.05, 0) is 75.0 Å². The Labute approximate surface area is 114 Å². The van der Waals surface area contributed by atoms with Gasteiger partial charge in [0.2, 0.25) is 0 Å². The molecule has 0 spiro atoms. The van der Waals surface area contributed by atoms with E-state index in [4.69, 9.17) is 5.11 Å². The van der Waals surface area contributed by atoms with Crippen molar-refractivity contribution in [2.24, 2.45) is 17.8 Å². The minimum Gasteiger partial charge on any atom is -0.481 e. The number of hydrogen-bond acceptors (Lipinski definition) is 3. The fraction of sp³-hybridized carbons (Fsp3) is 0.929. The maximum Gasteiger partial charge on any atom is 0.306 e. The van der Waals surface area contributed by atoms with Gasteiger partial charge in [0.25, 0.3) is 0 Å². The van der Waals surface area contributed by atoms with Crippen LogP contribution in [0.4, 0.5) is 0 Å². The number of nitrogens with one attached hydrogen (secondary N) is 1. The van der Waals surface area contributed by atoms with Gasteiger partial charge in [-0.1, -0.05) is 0 Å². The van der Waals surface area contributed by atoms with E-state index in [0.717, 1.165) is 44.7 Å². The maximum atomic E-state index is 10.9. The van der Waals surface area contributed by atoms with Gasteiger partial charge in [0.1, 0.15) is 0 Å². The van der Waals surface area contributed by atoms with Gasteiger partial charge in [-0.2, -0.15) is 11.8 Å². The summed E-state index contributed by atoms with van der Waals surface area (Å²) < 4.78 is 0. The zero-order valence-electron chi connectivity index (χ0n) is 11.1. The molecule has 0 bridgehead atoms. The highest BCUT2D eigenvalue weighted by Crippen LogP contribution is 2.28. The molecule has 0 aromatic heterocycles.